The molecule has 6 heteroatoms. The van der Waals surface area contributed by atoms with Crippen molar-refractivity contribution in [1.29, 1.82) is 0 Å². The first kappa shape index (κ1) is 9.28. The molecule has 0 aliphatic heterocycles. The fourth-order valence-electron chi connectivity index (χ4n) is 0.221. The van der Waals surface area contributed by atoms with E-state index < -0.39 is 12.3 Å². The first-order valence-electron chi connectivity index (χ1n) is 2.52. The van der Waals surface area contributed by atoms with E-state index in [0.29, 0.717) is 0 Å². The Labute approximate surface area is 61.9 Å². The number of hydrogen-bond donors (Lipinski definition) is 1. The van der Waals surface area contributed by atoms with Gasteiger partial charge in [0, 0.05) is 0 Å². The van der Waals surface area contributed by atoms with Crippen LogP contribution in [0, 0.1) is 0 Å². The summed E-state index contributed by atoms with van der Waals surface area (Å²) in [6.45, 7) is 3.17. The summed E-state index contributed by atoms with van der Waals surface area (Å²) in [6, 6.07) is 0. The van der Waals surface area contributed by atoms with Crippen LogP contribution in [0.2, 0.25) is 0 Å². The molecule has 0 fully saturated rings. The fraction of sp³-hybridized carbons (Fsp3) is 0.200. The lowest BCUT2D eigenvalue weighted by Crippen LogP contribution is -2.10. The van der Waals surface area contributed by atoms with Crippen molar-refractivity contribution in [2.75, 3.05) is 6.61 Å². The van der Waals surface area contributed by atoms with Gasteiger partial charge in [-0.1, -0.05) is 12.7 Å². The maximum Gasteiger partial charge on any atom is 0.550 e. The summed E-state index contributed by atoms with van der Waals surface area (Å²) in [5.74, 6) is 0. The molecule has 0 unspecified atom stereocenters. The third-order valence-corrected chi connectivity index (χ3v) is 0.500. The predicted octanol–water partition coefficient (Wildman–Crippen LogP) is 0.935. The average molecular weight is 162 g/mol. The first-order chi connectivity index (χ1) is 5.16. The van der Waals surface area contributed by atoms with E-state index >= 15 is 0 Å². The highest BCUT2D eigenvalue weighted by Gasteiger charge is 2.06. The Hall–Kier alpha value is -1.72. The van der Waals surface area contributed by atoms with Crippen LogP contribution in [0.15, 0.2) is 12.7 Å². The molecule has 0 aliphatic carbocycles. The highest BCUT2D eigenvalue weighted by Crippen LogP contribution is 1.87. The number of hydrogen-bond acceptors (Lipinski definition) is 5. The molecule has 0 atom stereocenters. The van der Waals surface area contributed by atoms with Crippen molar-refractivity contribution in [1.82, 2.24) is 0 Å². The van der Waals surface area contributed by atoms with Crippen molar-refractivity contribution in [3.63, 3.8) is 0 Å². The highest BCUT2D eigenvalue weighted by molar-refractivity contribution is 5.62. The summed E-state index contributed by atoms with van der Waals surface area (Å²) in [5, 5.41) is 7.81. The molecule has 0 aromatic rings. The maximum absolute atomic E-state index is 10.2. The maximum atomic E-state index is 10.2. The van der Waals surface area contributed by atoms with Crippen LogP contribution in [0.5, 0.6) is 0 Å². The predicted molar refractivity (Wildman–Crippen MR) is 31.7 cm³/mol. The zero-order valence-electron chi connectivity index (χ0n) is 5.48. The van der Waals surface area contributed by atoms with Crippen LogP contribution in [0.4, 0.5) is 9.59 Å². The standard InChI is InChI=1S/C5H6O6/c1-2-3-9-5(8)11-10-4(6)7/h2H,1,3H2,(H,6,7). The van der Waals surface area contributed by atoms with Crippen LogP contribution in [0.25, 0.3) is 0 Å². The monoisotopic (exact) mass is 162 g/mol. The van der Waals surface area contributed by atoms with Crippen molar-refractivity contribution < 1.29 is 29.2 Å². The number of carbonyl (C=O) groups is 2. The van der Waals surface area contributed by atoms with Gasteiger partial charge in [0.25, 0.3) is 0 Å². The molecule has 0 heterocycles. The van der Waals surface area contributed by atoms with Gasteiger partial charge in [-0.2, -0.15) is 9.68 Å². The lowest BCUT2D eigenvalue weighted by molar-refractivity contribution is -0.212. The second kappa shape index (κ2) is 5.10. The van der Waals surface area contributed by atoms with Gasteiger partial charge < -0.3 is 9.84 Å². The molecule has 0 spiro atoms. The van der Waals surface area contributed by atoms with Gasteiger partial charge in [0.2, 0.25) is 0 Å². The van der Waals surface area contributed by atoms with Crippen molar-refractivity contribution in [3.05, 3.63) is 12.7 Å². The van der Waals surface area contributed by atoms with Crippen molar-refractivity contribution in [2.24, 2.45) is 0 Å². The summed E-state index contributed by atoms with van der Waals surface area (Å²) < 4.78 is 4.17. The molecule has 0 aliphatic rings. The third kappa shape index (κ3) is 6.16. The molecule has 0 rings (SSSR count). The highest BCUT2D eigenvalue weighted by atomic mass is 17.3. The minimum atomic E-state index is -1.72. The normalized spacial score (nSPS) is 8.00. The number of rotatable bonds is 2. The Morgan fingerprint density at radius 3 is 2.55 bits per heavy atom. The van der Waals surface area contributed by atoms with E-state index in [-0.39, 0.29) is 6.61 Å². The molecule has 0 aromatic heterocycles. The largest absolute Gasteiger partial charge is 0.550 e. The van der Waals surface area contributed by atoms with Crippen molar-refractivity contribution in [3.8, 4) is 0 Å². The summed E-state index contributed by atoms with van der Waals surface area (Å²) in [7, 11) is 0. The average Bonchev–Trinajstić information content (AvgIpc) is 1.97. The molecule has 6 nitrogen and oxygen atoms in total. The summed E-state index contributed by atoms with van der Waals surface area (Å²) in [6.07, 6.45) is -1.66. The molecule has 0 aromatic carbocycles. The van der Waals surface area contributed by atoms with Crippen molar-refractivity contribution in [2.45, 2.75) is 0 Å². The lowest BCUT2D eigenvalue weighted by Gasteiger charge is -1.98. The van der Waals surface area contributed by atoms with E-state index in [4.69, 9.17) is 5.11 Å². The molecule has 0 saturated heterocycles. The summed E-state index contributed by atoms with van der Waals surface area (Å²) in [4.78, 5) is 26.8. The molecular formula is C5H6O6. The van der Waals surface area contributed by atoms with Gasteiger partial charge in [0.15, 0.2) is 0 Å². The van der Waals surface area contributed by atoms with Gasteiger partial charge in [0.05, 0.1) is 0 Å². The topological polar surface area (TPSA) is 82.1 Å². The Morgan fingerprint density at radius 2 is 2.09 bits per heavy atom. The molecule has 62 valence electrons. The van der Waals surface area contributed by atoms with E-state index in [2.05, 4.69) is 21.1 Å². The second-order valence-corrected chi connectivity index (χ2v) is 1.28. The van der Waals surface area contributed by atoms with Gasteiger partial charge in [0.1, 0.15) is 6.61 Å². The van der Waals surface area contributed by atoms with Crippen LogP contribution in [-0.4, -0.2) is 24.0 Å². The van der Waals surface area contributed by atoms with E-state index in [1.54, 1.807) is 0 Å². The fourth-order valence-corrected chi connectivity index (χ4v) is 0.221. The Balaban J connectivity index is 3.37. The zero-order chi connectivity index (χ0) is 8.69. The van der Waals surface area contributed by atoms with Crippen LogP contribution in [-0.2, 0) is 14.5 Å². The number of carbonyl (C=O) groups excluding carboxylic acids is 1. The van der Waals surface area contributed by atoms with Crippen molar-refractivity contribution >= 4 is 12.3 Å². The third-order valence-electron chi connectivity index (χ3n) is 0.500. The first-order valence-corrected chi connectivity index (χ1v) is 2.52. The Kier molecular flexibility index (Phi) is 4.30. The summed E-state index contributed by atoms with van der Waals surface area (Å²) >= 11 is 0. The molecule has 1 N–H and O–H groups in total. The van der Waals surface area contributed by atoms with Gasteiger partial charge in [-0.15, -0.1) is 0 Å². The molecule has 0 amide bonds. The van der Waals surface area contributed by atoms with E-state index in [0.717, 1.165) is 0 Å². The molecule has 0 bridgehead atoms. The molecule has 11 heavy (non-hydrogen) atoms. The number of carboxylic acid groups (broad SMARTS) is 1. The lowest BCUT2D eigenvalue weighted by atomic mass is 10.7. The summed E-state index contributed by atoms with van der Waals surface area (Å²) in [5.41, 5.74) is 0. The van der Waals surface area contributed by atoms with E-state index in [9.17, 15) is 9.59 Å². The molecule has 0 saturated carbocycles. The quantitative estimate of drug-likeness (QED) is 0.281. The molecular weight excluding hydrogens is 156 g/mol. The minimum absolute atomic E-state index is 0.0676. The Morgan fingerprint density at radius 1 is 1.45 bits per heavy atom. The van der Waals surface area contributed by atoms with Crippen LogP contribution in [0.3, 0.4) is 0 Å². The second-order valence-electron chi connectivity index (χ2n) is 1.28. The van der Waals surface area contributed by atoms with Gasteiger partial charge in [-0.05, 0) is 0 Å². The Bertz CT molecular complexity index is 162. The van der Waals surface area contributed by atoms with Crippen LogP contribution < -0.4 is 0 Å². The van der Waals surface area contributed by atoms with Gasteiger partial charge >= 0.3 is 12.3 Å². The SMILES string of the molecule is C=CCOC(=O)OOC(=O)O. The van der Waals surface area contributed by atoms with Gasteiger partial charge in [-0.3, -0.25) is 0 Å². The zero-order valence-corrected chi connectivity index (χ0v) is 5.48. The molecule has 0 radical (unpaired) electrons. The van der Waals surface area contributed by atoms with E-state index in [1.807, 2.05) is 0 Å². The van der Waals surface area contributed by atoms with E-state index in [1.165, 1.54) is 6.08 Å². The van der Waals surface area contributed by atoms with Crippen LogP contribution >= 0.6 is 0 Å². The number of ether oxygens (including phenoxy) is 1. The minimum Gasteiger partial charge on any atom is -0.447 e. The smallest absolute Gasteiger partial charge is 0.447 e. The van der Waals surface area contributed by atoms with Gasteiger partial charge in [-0.25, -0.2) is 9.68 Å². The van der Waals surface area contributed by atoms with Crippen LogP contribution in [0.1, 0.15) is 0 Å².